The summed E-state index contributed by atoms with van der Waals surface area (Å²) in [5, 5.41) is 0. The molecule has 0 fully saturated rings. The summed E-state index contributed by atoms with van der Waals surface area (Å²) in [4.78, 5) is 9.68. The van der Waals surface area contributed by atoms with Crippen LogP contribution < -0.4 is 20.9 Å². The van der Waals surface area contributed by atoms with Gasteiger partial charge in [0.15, 0.2) is 0 Å². The van der Waals surface area contributed by atoms with E-state index in [1.165, 1.54) is 11.1 Å². The second kappa shape index (κ2) is 19.1. The van der Waals surface area contributed by atoms with Crippen LogP contribution in [-0.2, 0) is 0 Å². The molecule has 0 radical (unpaired) electrons. The van der Waals surface area contributed by atoms with Crippen molar-refractivity contribution in [2.24, 2.45) is 9.98 Å². The van der Waals surface area contributed by atoms with E-state index in [2.05, 4.69) is 147 Å². The Bertz CT molecular complexity index is 2840. The summed E-state index contributed by atoms with van der Waals surface area (Å²) < 4.78 is 11.7. The maximum absolute atomic E-state index is 6.03. The fourth-order valence-corrected chi connectivity index (χ4v) is 8.01. The van der Waals surface area contributed by atoms with Crippen LogP contribution in [0.1, 0.15) is 22.3 Å². The SMILES string of the molecule is COc1cc(C=Nc2ccc(-c3cc(-c4ccc(C)cc4)cc(-c4ccc(N)cc4)c3)cc2)c(OC)cc1C=Nc1ccc(-c2cc(-c3ccc(C)cc3)cc(-c3ccc(N)cc3)c2)cc1. The molecule has 0 saturated heterocycles. The quantitative estimate of drug-likeness (QED) is 0.0945. The van der Waals surface area contributed by atoms with Crippen molar-refractivity contribution in [3.05, 3.63) is 216 Å². The maximum Gasteiger partial charge on any atom is 0.128 e. The summed E-state index contributed by atoms with van der Waals surface area (Å²) in [7, 11) is 3.31. The first-order valence-corrected chi connectivity index (χ1v) is 21.9. The number of hydrogen-bond acceptors (Lipinski definition) is 6. The van der Waals surface area contributed by atoms with E-state index in [-0.39, 0.29) is 0 Å². The van der Waals surface area contributed by atoms with E-state index in [0.717, 1.165) is 101 Å². The Labute approximate surface area is 387 Å². The van der Waals surface area contributed by atoms with Crippen LogP contribution in [-0.4, -0.2) is 26.6 Å². The molecule has 6 nitrogen and oxygen atoms in total. The number of anilines is 2. The number of aliphatic imine (C=N–C) groups is 2. The molecule has 0 aliphatic rings. The molecule has 9 aromatic carbocycles. The number of rotatable bonds is 12. The number of aryl methyl sites for hydroxylation is 2. The van der Waals surface area contributed by atoms with Gasteiger partial charge in [-0.2, -0.15) is 0 Å². The molecular weight excluding hydrogens is 809 g/mol. The molecule has 0 atom stereocenters. The van der Waals surface area contributed by atoms with Gasteiger partial charge in [-0.25, -0.2) is 0 Å². The van der Waals surface area contributed by atoms with Crippen LogP contribution in [0.4, 0.5) is 22.7 Å². The van der Waals surface area contributed by atoms with Crippen LogP contribution in [0.3, 0.4) is 0 Å². The Morgan fingerprint density at radius 1 is 0.318 bits per heavy atom. The molecule has 0 unspecified atom stereocenters. The minimum atomic E-state index is 0.654. The van der Waals surface area contributed by atoms with Gasteiger partial charge in [0.25, 0.3) is 0 Å². The average molecular weight is 859 g/mol. The Balaban J connectivity index is 0.942. The maximum atomic E-state index is 6.03. The van der Waals surface area contributed by atoms with E-state index >= 15 is 0 Å². The lowest BCUT2D eigenvalue weighted by atomic mass is 9.93. The summed E-state index contributed by atoms with van der Waals surface area (Å²) in [6, 6.07) is 67.2. The first-order valence-electron chi connectivity index (χ1n) is 21.9. The molecule has 0 amide bonds. The van der Waals surface area contributed by atoms with Crippen molar-refractivity contribution in [3.8, 4) is 78.3 Å². The van der Waals surface area contributed by atoms with E-state index in [9.17, 15) is 0 Å². The number of nitrogen functional groups attached to an aromatic ring is 2. The minimum Gasteiger partial charge on any atom is -0.496 e. The van der Waals surface area contributed by atoms with Crippen LogP contribution in [0.25, 0.3) is 66.8 Å². The van der Waals surface area contributed by atoms with Crippen molar-refractivity contribution in [2.75, 3.05) is 25.7 Å². The van der Waals surface area contributed by atoms with Gasteiger partial charge >= 0.3 is 0 Å². The molecule has 0 bridgehead atoms. The van der Waals surface area contributed by atoms with E-state index < -0.39 is 0 Å². The Morgan fingerprint density at radius 3 is 0.818 bits per heavy atom. The topological polar surface area (TPSA) is 95.2 Å². The van der Waals surface area contributed by atoms with E-state index in [4.69, 9.17) is 30.9 Å². The molecule has 0 aliphatic carbocycles. The highest BCUT2D eigenvalue weighted by Gasteiger charge is 2.12. The van der Waals surface area contributed by atoms with E-state index in [1.807, 2.05) is 60.7 Å². The highest BCUT2D eigenvalue weighted by Crippen LogP contribution is 2.37. The van der Waals surface area contributed by atoms with Crippen LogP contribution in [0.5, 0.6) is 11.5 Å². The van der Waals surface area contributed by atoms with Gasteiger partial charge in [-0.3, -0.25) is 9.98 Å². The number of hydrogen-bond donors (Lipinski definition) is 2. The lowest BCUT2D eigenvalue weighted by Crippen LogP contribution is -1.97. The lowest BCUT2D eigenvalue weighted by Gasteiger charge is -2.12. The Hall–Kier alpha value is -8.48. The predicted molar refractivity (Wildman–Crippen MR) is 278 cm³/mol. The van der Waals surface area contributed by atoms with Crippen molar-refractivity contribution in [1.29, 1.82) is 0 Å². The molecule has 0 spiro atoms. The summed E-state index contributed by atoms with van der Waals surface area (Å²) in [5.74, 6) is 1.31. The number of nitrogens with two attached hydrogens (primary N) is 2. The van der Waals surface area contributed by atoms with Crippen LogP contribution in [0.2, 0.25) is 0 Å². The van der Waals surface area contributed by atoms with Gasteiger partial charge in [-0.1, -0.05) is 108 Å². The monoisotopic (exact) mass is 858 g/mol. The zero-order valence-corrected chi connectivity index (χ0v) is 37.5. The molecule has 0 saturated carbocycles. The van der Waals surface area contributed by atoms with Crippen molar-refractivity contribution >= 4 is 35.2 Å². The zero-order valence-electron chi connectivity index (χ0n) is 37.5. The van der Waals surface area contributed by atoms with Crippen LogP contribution in [0, 0.1) is 13.8 Å². The van der Waals surface area contributed by atoms with Gasteiger partial charge < -0.3 is 20.9 Å². The van der Waals surface area contributed by atoms with Gasteiger partial charge in [-0.15, -0.1) is 0 Å². The summed E-state index contributed by atoms with van der Waals surface area (Å²) in [5.41, 5.74) is 32.7. The zero-order chi connectivity index (χ0) is 45.6. The van der Waals surface area contributed by atoms with Gasteiger partial charge in [-0.05, 0) is 178 Å². The Kier molecular flexibility index (Phi) is 12.4. The highest BCUT2D eigenvalue weighted by atomic mass is 16.5. The van der Waals surface area contributed by atoms with Crippen LogP contribution >= 0.6 is 0 Å². The Morgan fingerprint density at radius 2 is 0.561 bits per heavy atom. The van der Waals surface area contributed by atoms with Gasteiger partial charge in [0, 0.05) is 34.9 Å². The molecule has 9 aromatic rings. The largest absolute Gasteiger partial charge is 0.496 e. The molecule has 4 N–H and O–H groups in total. The minimum absolute atomic E-state index is 0.654. The predicted octanol–water partition coefficient (Wildman–Crippen LogP) is 15.0. The molecule has 0 aliphatic heterocycles. The lowest BCUT2D eigenvalue weighted by molar-refractivity contribution is 0.402. The van der Waals surface area contributed by atoms with Crippen LogP contribution in [0.15, 0.2) is 204 Å². The normalized spacial score (nSPS) is 11.3. The first-order chi connectivity index (χ1) is 32.2. The molecule has 322 valence electrons. The van der Waals surface area contributed by atoms with Gasteiger partial charge in [0.05, 0.1) is 25.6 Å². The molecule has 66 heavy (non-hydrogen) atoms. The van der Waals surface area contributed by atoms with Crippen molar-refractivity contribution in [1.82, 2.24) is 0 Å². The molecule has 6 heteroatoms. The smallest absolute Gasteiger partial charge is 0.128 e. The van der Waals surface area contributed by atoms with Gasteiger partial charge in [0.2, 0.25) is 0 Å². The third-order valence-electron chi connectivity index (χ3n) is 11.8. The summed E-state index contributed by atoms with van der Waals surface area (Å²) >= 11 is 0. The van der Waals surface area contributed by atoms with Crippen molar-refractivity contribution < 1.29 is 9.47 Å². The molecule has 0 aromatic heterocycles. The summed E-state index contributed by atoms with van der Waals surface area (Å²) in [6.07, 6.45) is 3.61. The molecule has 0 heterocycles. The molecule has 9 rings (SSSR count). The first kappa shape index (κ1) is 42.8. The van der Waals surface area contributed by atoms with Crippen molar-refractivity contribution in [2.45, 2.75) is 13.8 Å². The standard InChI is InChI=1S/C60H50N4O2/c1-39-5-9-41(10-6-39)47-29-49(43-13-21-55(61)22-14-43)33-51(31-47)45-17-25-57(26-18-45)63-37-53-35-60(66-4)54(36-59(53)65-3)38-64-58-27-19-46(20-28-58)52-32-48(42-11-7-40(2)8-12-42)30-50(34-52)44-15-23-56(62)24-16-44/h5-38H,61-62H2,1-4H3. The summed E-state index contributed by atoms with van der Waals surface area (Å²) in [6.45, 7) is 4.21. The second-order valence-corrected chi connectivity index (χ2v) is 16.5. The highest BCUT2D eigenvalue weighted by molar-refractivity contribution is 5.93. The fourth-order valence-electron chi connectivity index (χ4n) is 8.01. The van der Waals surface area contributed by atoms with Gasteiger partial charge in [0.1, 0.15) is 11.5 Å². The van der Waals surface area contributed by atoms with Crippen molar-refractivity contribution in [3.63, 3.8) is 0 Å². The average Bonchev–Trinajstić information content (AvgIpc) is 3.36. The number of nitrogens with zero attached hydrogens (tertiary/aromatic N) is 2. The third kappa shape index (κ3) is 9.84. The number of ether oxygens (including phenoxy) is 2. The second-order valence-electron chi connectivity index (χ2n) is 16.5. The fraction of sp³-hybridized carbons (Fsp3) is 0.0667. The number of benzene rings is 9. The third-order valence-corrected chi connectivity index (χ3v) is 11.8. The van der Waals surface area contributed by atoms with E-state index in [1.54, 1.807) is 26.6 Å². The number of methoxy groups -OCH3 is 2. The molecular formula is C60H50N4O2. The van der Waals surface area contributed by atoms with E-state index in [0.29, 0.717) is 11.5 Å².